The van der Waals surface area contributed by atoms with Crippen LogP contribution in [0.4, 0.5) is 0 Å². The van der Waals surface area contributed by atoms with Crippen molar-refractivity contribution in [2.45, 2.75) is 53.9 Å². The molecule has 0 aromatic carbocycles. The van der Waals surface area contributed by atoms with Crippen molar-refractivity contribution in [3.05, 3.63) is 0 Å². The van der Waals surface area contributed by atoms with E-state index < -0.39 is 5.41 Å². The lowest BCUT2D eigenvalue weighted by molar-refractivity contribution is -0.158. The molecule has 21 heavy (non-hydrogen) atoms. The quantitative estimate of drug-likeness (QED) is 0.628. The van der Waals surface area contributed by atoms with Gasteiger partial charge in [0.2, 0.25) is 0 Å². The molecule has 0 fully saturated rings. The predicted molar refractivity (Wildman–Crippen MR) is 80.6 cm³/mol. The van der Waals surface area contributed by atoms with Gasteiger partial charge in [0.15, 0.2) is 0 Å². The van der Waals surface area contributed by atoms with Gasteiger partial charge in [-0.1, -0.05) is 20.8 Å². The molecule has 1 N–H and O–H groups in total. The van der Waals surface area contributed by atoms with Crippen molar-refractivity contribution in [3.8, 4) is 0 Å². The molecule has 1 unspecified atom stereocenters. The van der Waals surface area contributed by atoms with Gasteiger partial charge in [-0.2, -0.15) is 0 Å². The second kappa shape index (κ2) is 9.77. The van der Waals surface area contributed by atoms with E-state index >= 15 is 0 Å². The van der Waals surface area contributed by atoms with Gasteiger partial charge in [-0.25, -0.2) is 0 Å². The van der Waals surface area contributed by atoms with E-state index in [4.69, 9.17) is 14.6 Å². The molecule has 0 bridgehead atoms. The molecule has 0 aromatic rings. The molecular weight excluding hydrogens is 272 g/mol. The normalized spacial score (nSPS) is 13.1. The van der Waals surface area contributed by atoms with Gasteiger partial charge >= 0.3 is 11.9 Å². The molecule has 0 saturated heterocycles. The molecule has 0 rings (SSSR count). The first kappa shape index (κ1) is 19.9. The Balaban J connectivity index is 4.45. The Labute approximate surface area is 128 Å². The summed E-state index contributed by atoms with van der Waals surface area (Å²) in [5.74, 6) is -0.520. The number of carbonyl (C=O) groups excluding carboxylic acids is 2. The fourth-order valence-electron chi connectivity index (χ4n) is 1.94. The molecule has 0 heterocycles. The smallest absolute Gasteiger partial charge is 0.311 e. The summed E-state index contributed by atoms with van der Waals surface area (Å²) in [5.41, 5.74) is -0.726. The van der Waals surface area contributed by atoms with Crippen molar-refractivity contribution in [3.63, 3.8) is 0 Å². The molecule has 124 valence electrons. The third kappa shape index (κ3) is 8.05. The third-order valence-electron chi connectivity index (χ3n) is 3.40. The Hall–Kier alpha value is -1.10. The van der Waals surface area contributed by atoms with Crippen LogP contribution in [0.1, 0.15) is 53.9 Å². The lowest BCUT2D eigenvalue weighted by Crippen LogP contribution is -2.32. The Bertz CT molecular complexity index is 323. The lowest BCUT2D eigenvalue weighted by atomic mass is 9.81. The summed E-state index contributed by atoms with van der Waals surface area (Å²) in [4.78, 5) is 24.0. The van der Waals surface area contributed by atoms with Crippen molar-refractivity contribution >= 4 is 11.9 Å². The highest BCUT2D eigenvalue weighted by Gasteiger charge is 2.35. The minimum atomic E-state index is -0.726. The van der Waals surface area contributed by atoms with Crippen LogP contribution in [0.5, 0.6) is 0 Å². The highest BCUT2D eigenvalue weighted by Crippen LogP contribution is 2.29. The maximum absolute atomic E-state index is 12.1. The van der Waals surface area contributed by atoms with Crippen LogP contribution in [0.2, 0.25) is 0 Å². The number of hydrogen-bond donors (Lipinski definition) is 1. The maximum Gasteiger partial charge on any atom is 0.311 e. The van der Waals surface area contributed by atoms with Crippen molar-refractivity contribution < 1.29 is 24.2 Å². The van der Waals surface area contributed by atoms with Crippen LogP contribution < -0.4 is 0 Å². The number of aliphatic hydroxyl groups excluding tert-OH is 1. The number of aliphatic hydroxyl groups is 1. The van der Waals surface area contributed by atoms with Crippen molar-refractivity contribution in [2.24, 2.45) is 17.3 Å². The minimum Gasteiger partial charge on any atom is -0.465 e. The molecule has 0 saturated carbocycles. The molecular formula is C16H30O5. The zero-order chi connectivity index (χ0) is 16.5. The zero-order valence-electron chi connectivity index (χ0n) is 14.0. The fraction of sp³-hybridized carbons (Fsp3) is 0.875. The summed E-state index contributed by atoms with van der Waals surface area (Å²) in [5, 5.41) is 8.68. The number of rotatable bonds is 10. The van der Waals surface area contributed by atoms with Crippen molar-refractivity contribution in [2.75, 3.05) is 19.8 Å². The van der Waals surface area contributed by atoms with Crippen LogP contribution in [0.3, 0.4) is 0 Å². The highest BCUT2D eigenvalue weighted by molar-refractivity contribution is 5.78. The first-order valence-corrected chi connectivity index (χ1v) is 7.69. The Morgan fingerprint density at radius 3 is 2.24 bits per heavy atom. The van der Waals surface area contributed by atoms with Crippen molar-refractivity contribution in [1.29, 1.82) is 0 Å². The van der Waals surface area contributed by atoms with Gasteiger partial charge < -0.3 is 14.6 Å². The van der Waals surface area contributed by atoms with E-state index in [0.717, 1.165) is 6.42 Å². The molecule has 0 radical (unpaired) electrons. The summed E-state index contributed by atoms with van der Waals surface area (Å²) >= 11 is 0. The first-order valence-electron chi connectivity index (χ1n) is 7.69. The molecule has 0 aliphatic carbocycles. The summed E-state index contributed by atoms with van der Waals surface area (Å²) in [7, 11) is 0. The van der Waals surface area contributed by atoms with Gasteiger partial charge in [0, 0.05) is 0 Å². The van der Waals surface area contributed by atoms with Gasteiger partial charge in [-0.05, 0) is 39.0 Å². The van der Waals surface area contributed by atoms with E-state index in [1.165, 1.54) is 0 Å². The van der Waals surface area contributed by atoms with Gasteiger partial charge in [-0.15, -0.1) is 0 Å². The average Bonchev–Trinajstić information content (AvgIpc) is 2.41. The van der Waals surface area contributed by atoms with E-state index in [9.17, 15) is 9.59 Å². The topological polar surface area (TPSA) is 72.8 Å². The Kier molecular flexibility index (Phi) is 9.26. The standard InChI is InChI=1S/C16H30O5/c1-6-13(14(18)20-10-8-17)11-16(4,5)15(19)21-9-7-12(2)3/h12-13,17H,6-11H2,1-5H3. The van der Waals surface area contributed by atoms with Crippen LogP contribution in [0, 0.1) is 17.3 Å². The molecule has 0 aromatic heterocycles. The monoisotopic (exact) mass is 302 g/mol. The summed E-state index contributed by atoms with van der Waals surface area (Å²) in [6.07, 6.45) is 1.80. The second-order valence-corrected chi connectivity index (χ2v) is 6.40. The summed E-state index contributed by atoms with van der Waals surface area (Å²) in [6.45, 7) is 9.81. The number of carbonyl (C=O) groups is 2. The van der Waals surface area contributed by atoms with E-state index in [-0.39, 0.29) is 31.1 Å². The third-order valence-corrected chi connectivity index (χ3v) is 3.40. The Morgan fingerprint density at radius 1 is 1.14 bits per heavy atom. The van der Waals surface area contributed by atoms with Crippen LogP contribution in [-0.4, -0.2) is 36.9 Å². The summed E-state index contributed by atoms with van der Waals surface area (Å²) < 4.78 is 10.2. The van der Waals surface area contributed by atoms with Crippen LogP contribution in [0.25, 0.3) is 0 Å². The van der Waals surface area contributed by atoms with E-state index in [0.29, 0.717) is 25.4 Å². The molecule has 0 spiro atoms. The molecule has 0 aliphatic rings. The minimum absolute atomic E-state index is 0.00536. The zero-order valence-corrected chi connectivity index (χ0v) is 14.0. The SMILES string of the molecule is CCC(CC(C)(C)C(=O)OCCC(C)C)C(=O)OCCO. The van der Waals surface area contributed by atoms with Crippen molar-refractivity contribution in [1.82, 2.24) is 0 Å². The fourth-order valence-corrected chi connectivity index (χ4v) is 1.94. The van der Waals surface area contributed by atoms with Crippen LogP contribution in [-0.2, 0) is 19.1 Å². The largest absolute Gasteiger partial charge is 0.465 e. The van der Waals surface area contributed by atoms with Crippen LogP contribution in [0.15, 0.2) is 0 Å². The molecule has 0 aliphatic heterocycles. The van der Waals surface area contributed by atoms with E-state index in [2.05, 4.69) is 13.8 Å². The van der Waals surface area contributed by atoms with Gasteiger partial charge in [0.25, 0.3) is 0 Å². The molecule has 1 atom stereocenters. The lowest BCUT2D eigenvalue weighted by Gasteiger charge is -2.26. The molecule has 0 amide bonds. The maximum atomic E-state index is 12.1. The Morgan fingerprint density at radius 2 is 1.76 bits per heavy atom. The van der Waals surface area contributed by atoms with Gasteiger partial charge in [-0.3, -0.25) is 9.59 Å². The summed E-state index contributed by atoms with van der Waals surface area (Å²) in [6, 6.07) is 0. The first-order chi connectivity index (χ1) is 9.74. The molecule has 5 heteroatoms. The van der Waals surface area contributed by atoms with Crippen LogP contribution >= 0.6 is 0 Å². The second-order valence-electron chi connectivity index (χ2n) is 6.40. The van der Waals surface area contributed by atoms with E-state index in [1.54, 1.807) is 13.8 Å². The average molecular weight is 302 g/mol. The van der Waals surface area contributed by atoms with Gasteiger partial charge in [0.05, 0.1) is 24.5 Å². The highest BCUT2D eigenvalue weighted by atomic mass is 16.5. The number of hydrogen-bond acceptors (Lipinski definition) is 5. The van der Waals surface area contributed by atoms with Gasteiger partial charge in [0.1, 0.15) is 6.61 Å². The predicted octanol–water partition coefficient (Wildman–Crippen LogP) is 2.55. The van der Waals surface area contributed by atoms with E-state index in [1.807, 2.05) is 6.92 Å². The number of esters is 2. The number of ether oxygens (including phenoxy) is 2. The molecule has 5 nitrogen and oxygen atoms in total.